The average molecular weight is 243 g/mol. The maximum atomic E-state index is 11.1. The first-order valence-corrected chi connectivity index (χ1v) is 7.00. The quantitative estimate of drug-likeness (QED) is 0.473. The molecule has 0 heterocycles. The summed E-state index contributed by atoms with van der Waals surface area (Å²) in [6.07, 6.45) is 4.93. The Balaban J connectivity index is 3.37. The van der Waals surface area contributed by atoms with Gasteiger partial charge in [-0.25, -0.2) is 0 Å². The Labute approximate surface area is 106 Å². The molecule has 0 aromatic carbocycles. The number of nitrogens with one attached hydrogen (secondary N) is 1. The minimum absolute atomic E-state index is 0.0610. The van der Waals surface area contributed by atoms with Gasteiger partial charge in [-0.05, 0) is 38.6 Å². The van der Waals surface area contributed by atoms with Gasteiger partial charge in [-0.15, -0.1) is 0 Å². The maximum Gasteiger partial charge on any atom is 0.305 e. The first kappa shape index (κ1) is 16.4. The molecular formula is C14H29NO2. The molecule has 0 aromatic rings. The second kappa shape index (κ2) is 10.6. The second-order valence-electron chi connectivity index (χ2n) is 4.83. The Bertz CT molecular complexity index is 193. The van der Waals surface area contributed by atoms with E-state index in [1.54, 1.807) is 0 Å². The number of unbranched alkanes of at least 4 members (excludes halogenated alkanes) is 2. The molecule has 0 aliphatic carbocycles. The van der Waals surface area contributed by atoms with Crippen LogP contribution in [0.3, 0.4) is 0 Å². The molecule has 1 atom stereocenters. The summed E-state index contributed by atoms with van der Waals surface area (Å²) in [6, 6.07) is 0.625. The molecule has 0 fully saturated rings. The van der Waals surface area contributed by atoms with Crippen molar-refractivity contribution in [1.82, 2.24) is 5.32 Å². The largest absolute Gasteiger partial charge is 0.466 e. The summed E-state index contributed by atoms with van der Waals surface area (Å²) in [5.41, 5.74) is 0. The van der Waals surface area contributed by atoms with Crippen LogP contribution in [0.2, 0.25) is 0 Å². The van der Waals surface area contributed by atoms with Crippen molar-refractivity contribution in [2.24, 2.45) is 5.92 Å². The van der Waals surface area contributed by atoms with Gasteiger partial charge in [0.2, 0.25) is 0 Å². The van der Waals surface area contributed by atoms with Crippen molar-refractivity contribution in [1.29, 1.82) is 0 Å². The Hall–Kier alpha value is -0.570. The van der Waals surface area contributed by atoms with Gasteiger partial charge in [-0.1, -0.05) is 27.2 Å². The summed E-state index contributed by atoms with van der Waals surface area (Å²) < 4.78 is 4.88. The van der Waals surface area contributed by atoms with Gasteiger partial charge >= 0.3 is 5.97 Å². The lowest BCUT2D eigenvalue weighted by Gasteiger charge is -2.20. The van der Waals surface area contributed by atoms with Crippen LogP contribution in [-0.2, 0) is 9.53 Å². The van der Waals surface area contributed by atoms with Crippen molar-refractivity contribution in [3.8, 4) is 0 Å². The molecule has 102 valence electrons. The number of rotatable bonds is 10. The van der Waals surface area contributed by atoms with E-state index in [1.165, 1.54) is 6.42 Å². The molecule has 17 heavy (non-hydrogen) atoms. The van der Waals surface area contributed by atoms with E-state index in [-0.39, 0.29) is 5.97 Å². The third-order valence-electron chi connectivity index (χ3n) is 3.01. The molecule has 3 nitrogen and oxygen atoms in total. The number of ether oxygens (including phenoxy) is 1. The third kappa shape index (κ3) is 9.16. The predicted octanol–water partition coefficient (Wildman–Crippen LogP) is 3.13. The summed E-state index contributed by atoms with van der Waals surface area (Å²) in [4.78, 5) is 11.1. The average Bonchev–Trinajstić information content (AvgIpc) is 2.28. The van der Waals surface area contributed by atoms with Crippen molar-refractivity contribution in [2.75, 3.05) is 13.2 Å². The van der Waals surface area contributed by atoms with Crippen molar-refractivity contribution in [3.63, 3.8) is 0 Å². The highest BCUT2D eigenvalue weighted by atomic mass is 16.5. The SMILES string of the molecule is CCOC(=O)CCCCCNC(CC)C(C)C. The summed E-state index contributed by atoms with van der Waals surface area (Å²) in [7, 11) is 0. The summed E-state index contributed by atoms with van der Waals surface area (Å²) in [6.45, 7) is 10.1. The molecular weight excluding hydrogens is 214 g/mol. The molecule has 1 unspecified atom stereocenters. The van der Waals surface area contributed by atoms with E-state index in [0.717, 1.165) is 25.8 Å². The van der Waals surface area contributed by atoms with Crippen LogP contribution < -0.4 is 5.32 Å². The van der Waals surface area contributed by atoms with Crippen molar-refractivity contribution < 1.29 is 9.53 Å². The first-order chi connectivity index (χ1) is 8.11. The highest BCUT2D eigenvalue weighted by Gasteiger charge is 2.09. The van der Waals surface area contributed by atoms with E-state index in [4.69, 9.17) is 4.74 Å². The zero-order valence-electron chi connectivity index (χ0n) is 11.9. The van der Waals surface area contributed by atoms with E-state index in [9.17, 15) is 4.79 Å². The van der Waals surface area contributed by atoms with Gasteiger partial charge in [0.15, 0.2) is 0 Å². The van der Waals surface area contributed by atoms with Crippen LogP contribution in [0.15, 0.2) is 0 Å². The number of hydrogen-bond donors (Lipinski definition) is 1. The standard InChI is InChI=1S/C14H29NO2/c1-5-13(12(3)4)15-11-9-7-8-10-14(16)17-6-2/h12-13,15H,5-11H2,1-4H3. The molecule has 0 saturated carbocycles. The zero-order valence-corrected chi connectivity index (χ0v) is 11.9. The molecule has 0 aliphatic heterocycles. The van der Waals surface area contributed by atoms with Crippen LogP contribution in [0.4, 0.5) is 0 Å². The number of carbonyl (C=O) groups is 1. The van der Waals surface area contributed by atoms with E-state index in [2.05, 4.69) is 26.1 Å². The minimum Gasteiger partial charge on any atom is -0.466 e. The van der Waals surface area contributed by atoms with Crippen LogP contribution in [0.1, 0.15) is 59.8 Å². The number of esters is 1. The van der Waals surface area contributed by atoms with E-state index >= 15 is 0 Å². The molecule has 0 amide bonds. The van der Waals surface area contributed by atoms with Gasteiger partial charge < -0.3 is 10.1 Å². The van der Waals surface area contributed by atoms with Crippen LogP contribution in [-0.4, -0.2) is 25.2 Å². The normalized spacial score (nSPS) is 12.8. The van der Waals surface area contributed by atoms with E-state index in [1.807, 2.05) is 6.92 Å². The van der Waals surface area contributed by atoms with Crippen LogP contribution in [0, 0.1) is 5.92 Å². The van der Waals surface area contributed by atoms with Crippen molar-refractivity contribution in [3.05, 3.63) is 0 Å². The zero-order chi connectivity index (χ0) is 13.1. The van der Waals surface area contributed by atoms with Crippen molar-refractivity contribution in [2.45, 2.75) is 65.8 Å². The molecule has 0 aliphatic rings. The summed E-state index contributed by atoms with van der Waals surface area (Å²) in [5.74, 6) is 0.633. The predicted molar refractivity (Wildman–Crippen MR) is 72.0 cm³/mol. The molecule has 0 radical (unpaired) electrons. The lowest BCUT2D eigenvalue weighted by molar-refractivity contribution is -0.143. The molecule has 0 rings (SSSR count). The topological polar surface area (TPSA) is 38.3 Å². The van der Waals surface area contributed by atoms with E-state index in [0.29, 0.717) is 25.0 Å². The van der Waals surface area contributed by atoms with Crippen LogP contribution in [0.25, 0.3) is 0 Å². The second-order valence-corrected chi connectivity index (χ2v) is 4.83. The fraction of sp³-hybridized carbons (Fsp3) is 0.929. The molecule has 0 aromatic heterocycles. The van der Waals surface area contributed by atoms with Gasteiger partial charge in [0.05, 0.1) is 6.61 Å². The van der Waals surface area contributed by atoms with E-state index < -0.39 is 0 Å². The van der Waals surface area contributed by atoms with Gasteiger partial charge in [0.1, 0.15) is 0 Å². The van der Waals surface area contributed by atoms with Gasteiger partial charge in [-0.2, -0.15) is 0 Å². The highest BCUT2D eigenvalue weighted by Crippen LogP contribution is 2.06. The Morgan fingerprint density at radius 1 is 1.18 bits per heavy atom. The fourth-order valence-corrected chi connectivity index (χ4v) is 1.94. The first-order valence-electron chi connectivity index (χ1n) is 7.00. The number of hydrogen-bond acceptors (Lipinski definition) is 3. The third-order valence-corrected chi connectivity index (χ3v) is 3.01. The number of carbonyl (C=O) groups excluding carboxylic acids is 1. The lowest BCUT2D eigenvalue weighted by atomic mass is 10.0. The monoisotopic (exact) mass is 243 g/mol. The molecule has 1 N–H and O–H groups in total. The maximum absolute atomic E-state index is 11.1. The van der Waals surface area contributed by atoms with Crippen molar-refractivity contribution >= 4 is 5.97 Å². The Kier molecular flexibility index (Phi) is 10.2. The molecule has 3 heteroatoms. The van der Waals surface area contributed by atoms with Gasteiger partial charge in [0.25, 0.3) is 0 Å². The van der Waals surface area contributed by atoms with Gasteiger partial charge in [-0.3, -0.25) is 4.79 Å². The molecule has 0 bridgehead atoms. The molecule has 0 spiro atoms. The fourth-order valence-electron chi connectivity index (χ4n) is 1.94. The summed E-state index contributed by atoms with van der Waals surface area (Å²) in [5, 5.41) is 3.57. The smallest absolute Gasteiger partial charge is 0.305 e. The highest BCUT2D eigenvalue weighted by molar-refractivity contribution is 5.69. The summed E-state index contributed by atoms with van der Waals surface area (Å²) >= 11 is 0. The van der Waals surface area contributed by atoms with Gasteiger partial charge in [0, 0.05) is 12.5 Å². The lowest BCUT2D eigenvalue weighted by Crippen LogP contribution is -2.33. The van der Waals surface area contributed by atoms with Crippen LogP contribution in [0.5, 0.6) is 0 Å². The van der Waals surface area contributed by atoms with Crippen LogP contribution >= 0.6 is 0 Å². The minimum atomic E-state index is -0.0610. The Morgan fingerprint density at radius 2 is 1.88 bits per heavy atom. The Morgan fingerprint density at radius 3 is 2.41 bits per heavy atom. The molecule has 0 saturated heterocycles.